The molecule has 0 aromatic heterocycles. The van der Waals surface area contributed by atoms with E-state index in [1.807, 2.05) is 0 Å². The van der Waals surface area contributed by atoms with Crippen LogP contribution in [0.15, 0.2) is 24.3 Å². The van der Waals surface area contributed by atoms with E-state index in [2.05, 4.69) is 31.4 Å². The third kappa shape index (κ3) is 5.73. The minimum absolute atomic E-state index is 0.0155. The number of hydrogen-bond acceptors (Lipinski definition) is 2. The molecule has 0 aliphatic rings. The van der Waals surface area contributed by atoms with E-state index in [1.54, 1.807) is 24.3 Å². The number of aliphatic carboxylic acids is 1. The topological polar surface area (TPSA) is 78.4 Å². The van der Waals surface area contributed by atoms with Crippen molar-refractivity contribution in [2.75, 3.05) is 11.9 Å². The van der Waals surface area contributed by atoms with Crippen molar-refractivity contribution in [2.45, 2.75) is 27.2 Å². The van der Waals surface area contributed by atoms with Gasteiger partial charge in [-0.1, -0.05) is 32.9 Å². The Morgan fingerprint density at radius 1 is 1.15 bits per heavy atom. The summed E-state index contributed by atoms with van der Waals surface area (Å²) < 4.78 is 0. The summed E-state index contributed by atoms with van der Waals surface area (Å²) in [5, 5.41) is 14.2. The molecule has 20 heavy (non-hydrogen) atoms. The van der Waals surface area contributed by atoms with Crippen molar-refractivity contribution in [3.63, 3.8) is 0 Å². The molecule has 1 unspecified atom stereocenters. The van der Waals surface area contributed by atoms with Crippen LogP contribution >= 0.6 is 0 Å². The molecule has 0 saturated carbocycles. The van der Waals surface area contributed by atoms with Crippen LogP contribution in [0.1, 0.15) is 26.3 Å². The fraction of sp³-hybridized carbons (Fsp3) is 0.467. The maximum absolute atomic E-state index is 11.7. The second-order valence-corrected chi connectivity index (χ2v) is 5.32. The third-order valence-electron chi connectivity index (χ3n) is 3.29. The van der Waals surface area contributed by atoms with Gasteiger partial charge in [-0.25, -0.2) is 4.79 Å². The summed E-state index contributed by atoms with van der Waals surface area (Å²) in [5.74, 6) is 0.0652. The van der Waals surface area contributed by atoms with Gasteiger partial charge in [0.15, 0.2) is 0 Å². The first-order valence-corrected chi connectivity index (χ1v) is 6.74. The number of amides is 2. The van der Waals surface area contributed by atoms with E-state index in [1.165, 1.54) is 0 Å². The predicted octanol–water partition coefficient (Wildman–Crippen LogP) is 2.73. The largest absolute Gasteiger partial charge is 0.481 e. The van der Waals surface area contributed by atoms with E-state index in [-0.39, 0.29) is 12.5 Å². The molecule has 1 rings (SSSR count). The van der Waals surface area contributed by atoms with Crippen LogP contribution in [0, 0.1) is 11.8 Å². The lowest BCUT2D eigenvalue weighted by molar-refractivity contribution is -0.136. The van der Waals surface area contributed by atoms with Crippen LogP contribution in [0.25, 0.3) is 0 Å². The normalized spacial score (nSPS) is 12.0. The van der Waals surface area contributed by atoms with E-state index < -0.39 is 5.97 Å². The van der Waals surface area contributed by atoms with Gasteiger partial charge in [-0.3, -0.25) is 4.79 Å². The van der Waals surface area contributed by atoms with Gasteiger partial charge in [0.2, 0.25) is 0 Å². The number of anilines is 1. The lowest BCUT2D eigenvalue weighted by atomic mass is 9.98. The highest BCUT2D eigenvalue weighted by Crippen LogP contribution is 2.11. The van der Waals surface area contributed by atoms with Crippen molar-refractivity contribution in [1.82, 2.24) is 5.32 Å². The molecule has 0 spiro atoms. The Kier molecular flexibility index (Phi) is 6.03. The zero-order chi connectivity index (χ0) is 15.1. The molecule has 1 aromatic carbocycles. The van der Waals surface area contributed by atoms with Gasteiger partial charge < -0.3 is 15.7 Å². The van der Waals surface area contributed by atoms with E-state index in [0.29, 0.717) is 29.6 Å². The summed E-state index contributed by atoms with van der Waals surface area (Å²) in [7, 11) is 0. The maximum atomic E-state index is 11.7. The van der Waals surface area contributed by atoms with Gasteiger partial charge in [0.1, 0.15) is 0 Å². The Morgan fingerprint density at radius 3 is 2.25 bits per heavy atom. The highest BCUT2D eigenvalue weighted by molar-refractivity contribution is 5.89. The van der Waals surface area contributed by atoms with E-state index in [4.69, 9.17) is 5.11 Å². The number of carboxylic acids is 1. The lowest BCUT2D eigenvalue weighted by Gasteiger charge is -2.16. The van der Waals surface area contributed by atoms with Crippen molar-refractivity contribution in [3.05, 3.63) is 29.8 Å². The van der Waals surface area contributed by atoms with Crippen LogP contribution < -0.4 is 10.6 Å². The molecule has 0 saturated heterocycles. The second kappa shape index (κ2) is 7.53. The van der Waals surface area contributed by atoms with Crippen LogP contribution in [-0.4, -0.2) is 23.7 Å². The zero-order valence-electron chi connectivity index (χ0n) is 12.1. The molecule has 5 heteroatoms. The number of carboxylic acid groups (broad SMARTS) is 1. The molecule has 0 aliphatic heterocycles. The van der Waals surface area contributed by atoms with Gasteiger partial charge in [0, 0.05) is 12.2 Å². The average molecular weight is 278 g/mol. The van der Waals surface area contributed by atoms with Crippen molar-refractivity contribution >= 4 is 17.7 Å². The van der Waals surface area contributed by atoms with E-state index in [9.17, 15) is 9.59 Å². The molecular formula is C15H22N2O3. The molecule has 0 heterocycles. The Labute approximate surface area is 119 Å². The first-order valence-electron chi connectivity index (χ1n) is 6.74. The Balaban J connectivity index is 2.44. The van der Waals surface area contributed by atoms with Gasteiger partial charge in [-0.2, -0.15) is 0 Å². The fourth-order valence-electron chi connectivity index (χ4n) is 1.55. The highest BCUT2D eigenvalue weighted by atomic mass is 16.4. The van der Waals surface area contributed by atoms with Crippen molar-refractivity contribution in [3.8, 4) is 0 Å². The van der Waals surface area contributed by atoms with Crippen LogP contribution in [-0.2, 0) is 11.2 Å². The van der Waals surface area contributed by atoms with Crippen molar-refractivity contribution in [2.24, 2.45) is 11.8 Å². The first-order chi connectivity index (χ1) is 9.38. The minimum atomic E-state index is -0.869. The predicted molar refractivity (Wildman–Crippen MR) is 78.8 cm³/mol. The van der Waals surface area contributed by atoms with Crippen LogP contribution in [0.5, 0.6) is 0 Å². The average Bonchev–Trinajstić information content (AvgIpc) is 2.37. The second-order valence-electron chi connectivity index (χ2n) is 5.32. The number of carbonyl (C=O) groups is 2. The van der Waals surface area contributed by atoms with Gasteiger partial charge in [0.05, 0.1) is 6.42 Å². The molecule has 1 atom stereocenters. The Bertz CT molecular complexity index is 455. The summed E-state index contributed by atoms with van der Waals surface area (Å²) >= 11 is 0. The van der Waals surface area contributed by atoms with Crippen LogP contribution in [0.3, 0.4) is 0 Å². The standard InChI is InChI=1S/C15H22N2O3/c1-10(2)11(3)9-16-15(20)17-13-6-4-12(5-7-13)8-14(18)19/h4-7,10-11H,8-9H2,1-3H3,(H,18,19)(H2,16,17,20). The molecule has 0 bridgehead atoms. The molecule has 0 radical (unpaired) electrons. The SMILES string of the molecule is CC(C)C(C)CNC(=O)Nc1ccc(CC(=O)O)cc1. The summed E-state index contributed by atoms with van der Waals surface area (Å²) in [6, 6.07) is 6.54. The van der Waals surface area contributed by atoms with Crippen LogP contribution in [0.4, 0.5) is 10.5 Å². The summed E-state index contributed by atoms with van der Waals surface area (Å²) in [6.45, 7) is 6.95. The quantitative estimate of drug-likeness (QED) is 0.748. The first kappa shape index (κ1) is 16.0. The molecule has 1 aromatic rings. The summed E-state index contributed by atoms with van der Waals surface area (Å²) in [5.41, 5.74) is 1.35. The van der Waals surface area contributed by atoms with Crippen molar-refractivity contribution < 1.29 is 14.7 Å². The molecular weight excluding hydrogens is 256 g/mol. The molecule has 3 N–H and O–H groups in total. The van der Waals surface area contributed by atoms with Crippen molar-refractivity contribution in [1.29, 1.82) is 0 Å². The summed E-state index contributed by atoms with van der Waals surface area (Å²) in [6.07, 6.45) is -0.0155. The minimum Gasteiger partial charge on any atom is -0.481 e. The lowest BCUT2D eigenvalue weighted by Crippen LogP contribution is -2.33. The highest BCUT2D eigenvalue weighted by Gasteiger charge is 2.09. The smallest absolute Gasteiger partial charge is 0.319 e. The Morgan fingerprint density at radius 2 is 1.75 bits per heavy atom. The number of benzene rings is 1. The fourth-order valence-corrected chi connectivity index (χ4v) is 1.55. The van der Waals surface area contributed by atoms with Gasteiger partial charge in [-0.15, -0.1) is 0 Å². The van der Waals surface area contributed by atoms with E-state index in [0.717, 1.165) is 0 Å². The monoisotopic (exact) mass is 278 g/mol. The number of rotatable bonds is 6. The Hall–Kier alpha value is -2.04. The molecule has 0 fully saturated rings. The zero-order valence-corrected chi connectivity index (χ0v) is 12.1. The molecule has 0 aliphatic carbocycles. The molecule has 110 valence electrons. The van der Waals surface area contributed by atoms with Gasteiger partial charge in [0.25, 0.3) is 0 Å². The maximum Gasteiger partial charge on any atom is 0.319 e. The van der Waals surface area contributed by atoms with Crippen LogP contribution in [0.2, 0.25) is 0 Å². The summed E-state index contributed by atoms with van der Waals surface area (Å²) in [4.78, 5) is 22.2. The molecule has 5 nitrogen and oxygen atoms in total. The number of nitrogens with one attached hydrogen (secondary N) is 2. The van der Waals surface area contributed by atoms with Gasteiger partial charge >= 0.3 is 12.0 Å². The molecule has 2 amide bonds. The number of hydrogen-bond donors (Lipinski definition) is 3. The number of urea groups is 1. The third-order valence-corrected chi connectivity index (χ3v) is 3.29. The van der Waals surface area contributed by atoms with E-state index >= 15 is 0 Å². The van der Waals surface area contributed by atoms with Gasteiger partial charge in [-0.05, 0) is 29.5 Å². The number of carbonyl (C=O) groups excluding carboxylic acids is 1.